The molecule has 7 nitrogen and oxygen atoms in total. The minimum atomic E-state index is -1.24. The first-order valence-electron chi connectivity index (χ1n) is 6.50. The van der Waals surface area contributed by atoms with Crippen LogP contribution in [0.3, 0.4) is 0 Å². The molecule has 5 N–H and O–H groups in total. The summed E-state index contributed by atoms with van der Waals surface area (Å²) in [4.78, 5) is 33.2. The molecule has 0 bridgehead atoms. The van der Waals surface area contributed by atoms with Gasteiger partial charge in [0.15, 0.2) is 0 Å². The molecule has 1 fully saturated rings. The standard InChI is InChI=1S/C12H21N3O4/c13-10(16)6-9(12(18)19)15-11(17)4-3-8-2-1-5-14-7-8/h8-9,14H,1-7H2,(H2,13,16)(H,15,17)(H,18,19). The third-order valence-electron chi connectivity index (χ3n) is 3.22. The molecule has 1 heterocycles. The van der Waals surface area contributed by atoms with Crippen LogP contribution in [0.15, 0.2) is 0 Å². The van der Waals surface area contributed by atoms with E-state index in [2.05, 4.69) is 10.6 Å². The van der Waals surface area contributed by atoms with Crippen LogP contribution in [0.4, 0.5) is 0 Å². The van der Waals surface area contributed by atoms with Crippen molar-refractivity contribution in [1.29, 1.82) is 0 Å². The van der Waals surface area contributed by atoms with Crippen molar-refractivity contribution in [1.82, 2.24) is 10.6 Å². The highest BCUT2D eigenvalue weighted by atomic mass is 16.4. The van der Waals surface area contributed by atoms with Gasteiger partial charge in [0.05, 0.1) is 6.42 Å². The number of nitrogens with two attached hydrogens (primary N) is 1. The molecule has 1 saturated heterocycles. The van der Waals surface area contributed by atoms with E-state index in [1.54, 1.807) is 0 Å². The SMILES string of the molecule is NC(=O)CC(NC(=O)CCC1CCCNC1)C(=O)O. The van der Waals surface area contributed by atoms with Crippen molar-refractivity contribution >= 4 is 17.8 Å². The van der Waals surface area contributed by atoms with Gasteiger partial charge in [0, 0.05) is 6.42 Å². The lowest BCUT2D eigenvalue weighted by atomic mass is 9.94. The van der Waals surface area contributed by atoms with Gasteiger partial charge in [-0.3, -0.25) is 9.59 Å². The summed E-state index contributed by atoms with van der Waals surface area (Å²) in [5.41, 5.74) is 4.94. The van der Waals surface area contributed by atoms with E-state index < -0.39 is 17.9 Å². The molecule has 0 radical (unpaired) electrons. The summed E-state index contributed by atoms with van der Waals surface area (Å²) in [5, 5.41) is 14.4. The molecule has 0 spiro atoms. The lowest BCUT2D eigenvalue weighted by Crippen LogP contribution is -2.43. The number of carboxylic acids is 1. The molecule has 2 unspecified atom stereocenters. The third kappa shape index (κ3) is 6.19. The van der Waals surface area contributed by atoms with Crippen molar-refractivity contribution in [3.63, 3.8) is 0 Å². The molecule has 2 amide bonds. The molecule has 1 aliphatic rings. The third-order valence-corrected chi connectivity index (χ3v) is 3.22. The molecule has 7 heteroatoms. The molecule has 2 atom stereocenters. The summed E-state index contributed by atoms with van der Waals surface area (Å²) in [6.07, 6.45) is 2.80. The fourth-order valence-corrected chi connectivity index (χ4v) is 2.17. The summed E-state index contributed by atoms with van der Waals surface area (Å²) in [5.74, 6) is -1.88. The van der Waals surface area contributed by atoms with E-state index in [0.29, 0.717) is 5.92 Å². The maximum atomic E-state index is 11.6. The largest absolute Gasteiger partial charge is 0.480 e. The van der Waals surface area contributed by atoms with Crippen molar-refractivity contribution in [3.8, 4) is 0 Å². The summed E-state index contributed by atoms with van der Waals surface area (Å²) in [7, 11) is 0. The van der Waals surface area contributed by atoms with E-state index in [1.807, 2.05) is 0 Å². The van der Waals surface area contributed by atoms with Crippen LogP contribution in [0.5, 0.6) is 0 Å². The fourth-order valence-electron chi connectivity index (χ4n) is 2.17. The van der Waals surface area contributed by atoms with Gasteiger partial charge in [-0.2, -0.15) is 0 Å². The van der Waals surface area contributed by atoms with E-state index >= 15 is 0 Å². The number of carbonyl (C=O) groups is 3. The highest BCUT2D eigenvalue weighted by Crippen LogP contribution is 2.15. The van der Waals surface area contributed by atoms with Crippen LogP contribution in [0.2, 0.25) is 0 Å². The van der Waals surface area contributed by atoms with Gasteiger partial charge >= 0.3 is 5.97 Å². The van der Waals surface area contributed by atoms with Crippen molar-refractivity contribution in [2.75, 3.05) is 13.1 Å². The molecule has 1 aliphatic heterocycles. The molecule has 0 aliphatic carbocycles. The Hall–Kier alpha value is -1.63. The second kappa shape index (κ2) is 7.73. The zero-order chi connectivity index (χ0) is 14.3. The van der Waals surface area contributed by atoms with Gasteiger partial charge in [-0.25, -0.2) is 4.79 Å². The average Bonchev–Trinajstić information content (AvgIpc) is 2.36. The Kier molecular flexibility index (Phi) is 6.27. The van der Waals surface area contributed by atoms with Gasteiger partial charge in [0.2, 0.25) is 11.8 Å². The fraction of sp³-hybridized carbons (Fsp3) is 0.750. The van der Waals surface area contributed by atoms with Crippen LogP contribution in [-0.4, -0.2) is 42.0 Å². The number of amides is 2. The number of primary amides is 1. The Morgan fingerprint density at radius 2 is 2.16 bits per heavy atom. The Morgan fingerprint density at radius 3 is 2.68 bits per heavy atom. The van der Waals surface area contributed by atoms with Crippen molar-refractivity contribution in [3.05, 3.63) is 0 Å². The van der Waals surface area contributed by atoms with Gasteiger partial charge in [0.1, 0.15) is 6.04 Å². The molecule has 19 heavy (non-hydrogen) atoms. The van der Waals surface area contributed by atoms with Crippen molar-refractivity contribution in [2.24, 2.45) is 11.7 Å². The van der Waals surface area contributed by atoms with Crippen LogP contribution < -0.4 is 16.4 Å². The van der Waals surface area contributed by atoms with Crippen molar-refractivity contribution in [2.45, 2.75) is 38.1 Å². The van der Waals surface area contributed by atoms with Gasteiger partial charge in [-0.15, -0.1) is 0 Å². The van der Waals surface area contributed by atoms with Crippen LogP contribution >= 0.6 is 0 Å². The van der Waals surface area contributed by atoms with Gasteiger partial charge < -0.3 is 21.5 Å². The zero-order valence-electron chi connectivity index (χ0n) is 10.9. The Bertz CT molecular complexity index is 340. The zero-order valence-corrected chi connectivity index (χ0v) is 10.9. The van der Waals surface area contributed by atoms with Gasteiger partial charge in [0.25, 0.3) is 0 Å². The smallest absolute Gasteiger partial charge is 0.326 e. The molecule has 0 aromatic heterocycles. The molecular formula is C12H21N3O4. The predicted molar refractivity (Wildman–Crippen MR) is 68.2 cm³/mol. The van der Waals surface area contributed by atoms with Gasteiger partial charge in [-0.1, -0.05) is 0 Å². The lowest BCUT2D eigenvalue weighted by molar-refractivity contribution is -0.143. The molecule has 0 aromatic rings. The second-order valence-electron chi connectivity index (χ2n) is 4.88. The second-order valence-corrected chi connectivity index (χ2v) is 4.88. The maximum Gasteiger partial charge on any atom is 0.326 e. The number of nitrogens with one attached hydrogen (secondary N) is 2. The van der Waals surface area contributed by atoms with E-state index in [4.69, 9.17) is 10.8 Å². The predicted octanol–water partition coefficient (Wildman–Crippen LogP) is -0.789. The van der Waals surface area contributed by atoms with Crippen LogP contribution in [0, 0.1) is 5.92 Å². The normalized spacial score (nSPS) is 20.5. The number of piperidine rings is 1. The monoisotopic (exact) mass is 271 g/mol. The first kappa shape index (κ1) is 15.4. The first-order valence-corrected chi connectivity index (χ1v) is 6.50. The topological polar surface area (TPSA) is 122 Å². The summed E-state index contributed by atoms with van der Waals surface area (Å²) < 4.78 is 0. The lowest BCUT2D eigenvalue weighted by Gasteiger charge is -2.22. The van der Waals surface area contributed by atoms with Crippen LogP contribution in [0.25, 0.3) is 0 Å². The van der Waals surface area contributed by atoms with E-state index in [-0.39, 0.29) is 18.7 Å². The quantitative estimate of drug-likeness (QED) is 0.483. The summed E-state index contributed by atoms with van der Waals surface area (Å²) in [6, 6.07) is -1.23. The summed E-state index contributed by atoms with van der Waals surface area (Å²) >= 11 is 0. The number of carbonyl (C=O) groups excluding carboxylic acids is 2. The van der Waals surface area contributed by atoms with E-state index in [1.165, 1.54) is 0 Å². The number of carboxylic acid groups (broad SMARTS) is 1. The summed E-state index contributed by atoms with van der Waals surface area (Å²) in [6.45, 7) is 1.92. The highest BCUT2D eigenvalue weighted by molar-refractivity contribution is 5.88. The van der Waals surface area contributed by atoms with Crippen LogP contribution in [0.1, 0.15) is 32.1 Å². The average molecular weight is 271 g/mol. The number of rotatable bonds is 7. The number of aliphatic carboxylic acids is 1. The van der Waals surface area contributed by atoms with E-state index in [0.717, 1.165) is 32.4 Å². The van der Waals surface area contributed by atoms with Crippen molar-refractivity contribution < 1.29 is 19.5 Å². The molecule has 0 aromatic carbocycles. The highest BCUT2D eigenvalue weighted by Gasteiger charge is 2.22. The van der Waals surface area contributed by atoms with Gasteiger partial charge in [-0.05, 0) is 38.3 Å². The maximum absolute atomic E-state index is 11.6. The number of hydrogen-bond donors (Lipinski definition) is 4. The Labute approximate surface area is 111 Å². The molecular weight excluding hydrogens is 250 g/mol. The Morgan fingerprint density at radius 1 is 1.42 bits per heavy atom. The minimum Gasteiger partial charge on any atom is -0.480 e. The first-order chi connectivity index (χ1) is 8.99. The molecule has 108 valence electrons. The molecule has 0 saturated carbocycles. The Balaban J connectivity index is 2.31. The van der Waals surface area contributed by atoms with Crippen LogP contribution in [-0.2, 0) is 14.4 Å². The molecule has 1 rings (SSSR count). The number of hydrogen-bond acceptors (Lipinski definition) is 4. The minimum absolute atomic E-state index is 0.273. The van der Waals surface area contributed by atoms with E-state index in [9.17, 15) is 14.4 Å².